The molecular formula is C15H20O3. The lowest BCUT2D eigenvalue weighted by molar-refractivity contribution is -0.154. The van der Waals surface area contributed by atoms with Crippen LogP contribution in [0, 0.1) is 19.3 Å². The van der Waals surface area contributed by atoms with Gasteiger partial charge in [0.05, 0.1) is 5.41 Å². The fourth-order valence-electron chi connectivity index (χ4n) is 2.58. The molecule has 1 N–H and O–H groups in total. The normalized spacial score (nSPS) is 18.6. The zero-order valence-corrected chi connectivity index (χ0v) is 11.0. The summed E-state index contributed by atoms with van der Waals surface area (Å²) in [5.74, 6) is -0.688. The Morgan fingerprint density at radius 3 is 2.61 bits per heavy atom. The van der Waals surface area contributed by atoms with E-state index >= 15 is 0 Å². The SMILES string of the molecule is Cc1ccc(C)c(CC2(C(=O)O)CCOCC2)c1. The molecule has 0 unspecified atom stereocenters. The summed E-state index contributed by atoms with van der Waals surface area (Å²) >= 11 is 0. The second-order valence-corrected chi connectivity index (χ2v) is 5.30. The molecule has 0 atom stereocenters. The molecule has 0 spiro atoms. The first-order chi connectivity index (χ1) is 8.53. The number of hydrogen-bond donors (Lipinski definition) is 1. The maximum absolute atomic E-state index is 11.6. The molecule has 18 heavy (non-hydrogen) atoms. The number of aliphatic carboxylic acids is 1. The molecule has 0 bridgehead atoms. The summed E-state index contributed by atoms with van der Waals surface area (Å²) in [6, 6.07) is 6.24. The first-order valence-corrected chi connectivity index (χ1v) is 6.41. The van der Waals surface area contributed by atoms with Crippen molar-refractivity contribution in [3.63, 3.8) is 0 Å². The van der Waals surface area contributed by atoms with Crippen LogP contribution in [-0.4, -0.2) is 24.3 Å². The minimum Gasteiger partial charge on any atom is -0.481 e. The number of rotatable bonds is 3. The number of aryl methyl sites for hydroxylation is 2. The van der Waals surface area contributed by atoms with Gasteiger partial charge in [-0.05, 0) is 44.2 Å². The molecule has 1 heterocycles. The summed E-state index contributed by atoms with van der Waals surface area (Å²) in [5.41, 5.74) is 2.87. The van der Waals surface area contributed by atoms with Gasteiger partial charge in [0.2, 0.25) is 0 Å². The van der Waals surface area contributed by atoms with Crippen molar-refractivity contribution in [3.05, 3.63) is 34.9 Å². The standard InChI is InChI=1S/C15H20O3/c1-11-3-4-12(2)13(9-11)10-15(14(16)17)5-7-18-8-6-15/h3-4,9H,5-8,10H2,1-2H3,(H,16,17). The third-order valence-corrected chi connectivity index (χ3v) is 3.94. The topological polar surface area (TPSA) is 46.5 Å². The molecular weight excluding hydrogens is 228 g/mol. The summed E-state index contributed by atoms with van der Waals surface area (Å²) in [6.07, 6.45) is 1.82. The van der Waals surface area contributed by atoms with E-state index < -0.39 is 11.4 Å². The second-order valence-electron chi connectivity index (χ2n) is 5.30. The van der Waals surface area contributed by atoms with Crippen molar-refractivity contribution < 1.29 is 14.6 Å². The van der Waals surface area contributed by atoms with Crippen LogP contribution < -0.4 is 0 Å². The molecule has 0 aromatic heterocycles. The highest BCUT2D eigenvalue weighted by Gasteiger charge is 2.40. The average Bonchev–Trinajstić information content (AvgIpc) is 2.35. The van der Waals surface area contributed by atoms with Crippen LogP contribution in [0.15, 0.2) is 18.2 Å². The molecule has 98 valence electrons. The van der Waals surface area contributed by atoms with Gasteiger partial charge in [0.15, 0.2) is 0 Å². The van der Waals surface area contributed by atoms with E-state index in [-0.39, 0.29) is 0 Å². The molecule has 1 aromatic carbocycles. The van der Waals surface area contributed by atoms with Gasteiger partial charge in [-0.1, -0.05) is 23.8 Å². The van der Waals surface area contributed by atoms with E-state index in [4.69, 9.17) is 4.74 Å². The predicted octanol–water partition coefficient (Wildman–Crippen LogP) is 2.73. The third-order valence-electron chi connectivity index (χ3n) is 3.94. The van der Waals surface area contributed by atoms with Crippen molar-refractivity contribution in [3.8, 4) is 0 Å². The van der Waals surface area contributed by atoms with Crippen LogP contribution in [0.2, 0.25) is 0 Å². The van der Waals surface area contributed by atoms with Crippen LogP contribution in [-0.2, 0) is 16.0 Å². The largest absolute Gasteiger partial charge is 0.481 e. The zero-order chi connectivity index (χ0) is 13.2. The van der Waals surface area contributed by atoms with Crippen LogP contribution in [0.1, 0.15) is 29.5 Å². The van der Waals surface area contributed by atoms with Crippen LogP contribution in [0.25, 0.3) is 0 Å². The molecule has 0 saturated carbocycles. The molecule has 2 rings (SSSR count). The fraction of sp³-hybridized carbons (Fsp3) is 0.533. The number of carboxylic acids is 1. The summed E-state index contributed by atoms with van der Waals surface area (Å²) in [4.78, 5) is 11.6. The van der Waals surface area contributed by atoms with E-state index in [1.54, 1.807) is 0 Å². The lowest BCUT2D eigenvalue weighted by Crippen LogP contribution is -2.39. The Labute approximate surface area is 108 Å². The van der Waals surface area contributed by atoms with Crippen molar-refractivity contribution in [2.45, 2.75) is 33.1 Å². The van der Waals surface area contributed by atoms with E-state index in [0.717, 1.165) is 5.56 Å². The molecule has 0 amide bonds. The Kier molecular flexibility index (Phi) is 3.71. The molecule has 3 heteroatoms. The third kappa shape index (κ3) is 2.56. The molecule has 1 aliphatic heterocycles. The maximum Gasteiger partial charge on any atom is 0.310 e. The van der Waals surface area contributed by atoms with E-state index in [9.17, 15) is 9.90 Å². The van der Waals surface area contributed by atoms with Gasteiger partial charge in [-0.3, -0.25) is 4.79 Å². The first-order valence-electron chi connectivity index (χ1n) is 6.41. The highest BCUT2D eigenvalue weighted by molar-refractivity contribution is 5.75. The average molecular weight is 248 g/mol. The number of carboxylic acid groups (broad SMARTS) is 1. The van der Waals surface area contributed by atoms with E-state index in [1.165, 1.54) is 11.1 Å². The quantitative estimate of drug-likeness (QED) is 0.894. The van der Waals surface area contributed by atoms with Gasteiger partial charge in [0.1, 0.15) is 0 Å². The number of carbonyl (C=O) groups is 1. The molecule has 0 radical (unpaired) electrons. The predicted molar refractivity (Wildman–Crippen MR) is 69.7 cm³/mol. The highest BCUT2D eigenvalue weighted by Crippen LogP contribution is 2.35. The van der Waals surface area contributed by atoms with Gasteiger partial charge in [-0.2, -0.15) is 0 Å². The summed E-state index contributed by atoms with van der Waals surface area (Å²) in [7, 11) is 0. The summed E-state index contributed by atoms with van der Waals surface area (Å²) in [6.45, 7) is 5.19. The zero-order valence-electron chi connectivity index (χ0n) is 11.0. The highest BCUT2D eigenvalue weighted by atomic mass is 16.5. The van der Waals surface area contributed by atoms with Crippen molar-refractivity contribution in [2.75, 3.05) is 13.2 Å². The molecule has 3 nitrogen and oxygen atoms in total. The van der Waals surface area contributed by atoms with E-state index in [1.807, 2.05) is 13.8 Å². The van der Waals surface area contributed by atoms with Crippen molar-refractivity contribution in [2.24, 2.45) is 5.41 Å². The molecule has 1 saturated heterocycles. The van der Waals surface area contributed by atoms with Gasteiger partial charge in [-0.15, -0.1) is 0 Å². The molecule has 0 aliphatic carbocycles. The molecule has 1 aromatic rings. The Morgan fingerprint density at radius 2 is 2.00 bits per heavy atom. The monoisotopic (exact) mass is 248 g/mol. The Bertz CT molecular complexity index is 445. The van der Waals surface area contributed by atoms with Gasteiger partial charge in [-0.25, -0.2) is 0 Å². The van der Waals surface area contributed by atoms with Crippen LogP contribution >= 0.6 is 0 Å². The van der Waals surface area contributed by atoms with E-state index in [0.29, 0.717) is 32.5 Å². The van der Waals surface area contributed by atoms with Crippen molar-refractivity contribution in [1.82, 2.24) is 0 Å². The van der Waals surface area contributed by atoms with Gasteiger partial charge >= 0.3 is 5.97 Å². The maximum atomic E-state index is 11.6. The first kappa shape index (κ1) is 13.1. The van der Waals surface area contributed by atoms with Gasteiger partial charge in [0.25, 0.3) is 0 Å². The fourth-order valence-corrected chi connectivity index (χ4v) is 2.58. The number of ether oxygens (including phenoxy) is 1. The number of hydrogen-bond acceptors (Lipinski definition) is 2. The van der Waals surface area contributed by atoms with Gasteiger partial charge < -0.3 is 9.84 Å². The Morgan fingerprint density at radius 1 is 1.33 bits per heavy atom. The smallest absolute Gasteiger partial charge is 0.310 e. The summed E-state index contributed by atoms with van der Waals surface area (Å²) < 4.78 is 5.30. The van der Waals surface area contributed by atoms with Crippen LogP contribution in [0.3, 0.4) is 0 Å². The minimum atomic E-state index is -0.688. The second kappa shape index (κ2) is 5.11. The van der Waals surface area contributed by atoms with Crippen molar-refractivity contribution >= 4 is 5.97 Å². The lowest BCUT2D eigenvalue weighted by atomic mass is 9.74. The Hall–Kier alpha value is -1.35. The Balaban J connectivity index is 2.28. The van der Waals surface area contributed by atoms with Crippen molar-refractivity contribution in [1.29, 1.82) is 0 Å². The lowest BCUT2D eigenvalue weighted by Gasteiger charge is -2.33. The number of benzene rings is 1. The van der Waals surface area contributed by atoms with Gasteiger partial charge in [0, 0.05) is 13.2 Å². The molecule has 1 aliphatic rings. The van der Waals surface area contributed by atoms with Crippen LogP contribution in [0.5, 0.6) is 0 Å². The summed E-state index contributed by atoms with van der Waals surface area (Å²) in [5, 5.41) is 9.55. The van der Waals surface area contributed by atoms with E-state index in [2.05, 4.69) is 18.2 Å². The molecule has 1 fully saturated rings. The minimum absolute atomic E-state index is 0.553. The van der Waals surface area contributed by atoms with Crippen LogP contribution in [0.4, 0.5) is 0 Å².